The van der Waals surface area contributed by atoms with Crippen LogP contribution in [-0.2, 0) is 4.84 Å². The first-order valence-electron chi connectivity index (χ1n) is 10.0. The Hall–Kier alpha value is -1.72. The predicted molar refractivity (Wildman–Crippen MR) is 108 cm³/mol. The van der Waals surface area contributed by atoms with Crippen LogP contribution in [0.5, 0.6) is 0 Å². The van der Waals surface area contributed by atoms with Crippen molar-refractivity contribution in [2.45, 2.75) is 44.9 Å². The summed E-state index contributed by atoms with van der Waals surface area (Å²) in [4.78, 5) is 32.3. The van der Waals surface area contributed by atoms with Crippen molar-refractivity contribution in [1.29, 1.82) is 0 Å². The SMILES string of the molecule is CON(C)C(=O)c1cccc(C(=O)C[C@@H](CC2CCCCC2)CN(C)C)c1. The Kier molecular flexibility index (Phi) is 8.45. The molecule has 0 aliphatic heterocycles. The number of rotatable bonds is 9. The third-order valence-electron chi connectivity index (χ3n) is 5.48. The number of hydrogen-bond acceptors (Lipinski definition) is 4. The standard InChI is InChI=1S/C22H34N2O3/c1-23(2)16-18(13-17-9-6-5-7-10-17)14-21(25)19-11-8-12-20(15-19)22(26)24(3)27-4/h8,11-12,15,17-18H,5-7,9-10,13-14,16H2,1-4H3/t18-/m1/s1. The number of carbonyl (C=O) groups is 2. The highest BCUT2D eigenvalue weighted by Crippen LogP contribution is 2.31. The molecule has 0 heterocycles. The van der Waals surface area contributed by atoms with E-state index in [2.05, 4.69) is 19.0 Å². The number of benzene rings is 1. The number of nitrogens with zero attached hydrogens (tertiary/aromatic N) is 2. The molecule has 1 aliphatic carbocycles. The monoisotopic (exact) mass is 374 g/mol. The maximum Gasteiger partial charge on any atom is 0.277 e. The van der Waals surface area contributed by atoms with Gasteiger partial charge in [-0.15, -0.1) is 0 Å². The summed E-state index contributed by atoms with van der Waals surface area (Å²) in [7, 11) is 7.15. The van der Waals surface area contributed by atoms with E-state index < -0.39 is 0 Å². The van der Waals surface area contributed by atoms with Gasteiger partial charge in [0.05, 0.1) is 7.11 Å². The summed E-state index contributed by atoms with van der Waals surface area (Å²) in [6.07, 6.45) is 8.25. The summed E-state index contributed by atoms with van der Waals surface area (Å²) in [5, 5.41) is 1.17. The van der Waals surface area contributed by atoms with E-state index in [1.807, 2.05) is 0 Å². The van der Waals surface area contributed by atoms with Gasteiger partial charge in [0.25, 0.3) is 5.91 Å². The van der Waals surface area contributed by atoms with Crippen LogP contribution in [0, 0.1) is 11.8 Å². The first kappa shape index (κ1) is 21.6. The smallest absolute Gasteiger partial charge is 0.277 e. The number of hydroxylamine groups is 2. The van der Waals surface area contributed by atoms with Crippen LogP contribution in [0.1, 0.15) is 65.7 Å². The van der Waals surface area contributed by atoms with E-state index in [0.29, 0.717) is 23.5 Å². The van der Waals surface area contributed by atoms with E-state index in [4.69, 9.17) is 4.84 Å². The van der Waals surface area contributed by atoms with Gasteiger partial charge in [0.2, 0.25) is 0 Å². The lowest BCUT2D eigenvalue weighted by Gasteiger charge is -2.28. The Bertz CT molecular complexity index is 624. The minimum absolute atomic E-state index is 0.118. The molecule has 1 aromatic carbocycles. The van der Waals surface area contributed by atoms with Crippen molar-refractivity contribution in [2.75, 3.05) is 34.8 Å². The Morgan fingerprint density at radius 1 is 1.11 bits per heavy atom. The van der Waals surface area contributed by atoms with Crippen LogP contribution in [-0.4, -0.2) is 56.5 Å². The lowest BCUT2D eigenvalue weighted by molar-refractivity contribution is -0.0757. The third-order valence-corrected chi connectivity index (χ3v) is 5.48. The lowest BCUT2D eigenvalue weighted by Crippen LogP contribution is -2.27. The van der Waals surface area contributed by atoms with Crippen LogP contribution in [0.25, 0.3) is 0 Å². The second-order valence-electron chi connectivity index (χ2n) is 8.06. The minimum atomic E-state index is -0.251. The number of Topliss-reactive ketones (excluding diaryl/α,β-unsaturated/α-hetero) is 1. The van der Waals surface area contributed by atoms with Crippen LogP contribution in [0.15, 0.2) is 24.3 Å². The molecule has 0 unspecified atom stereocenters. The molecule has 1 aromatic rings. The second kappa shape index (κ2) is 10.6. The average Bonchev–Trinajstić information content (AvgIpc) is 2.67. The zero-order valence-electron chi connectivity index (χ0n) is 17.2. The van der Waals surface area contributed by atoms with Gasteiger partial charge in [0.1, 0.15) is 0 Å². The van der Waals surface area contributed by atoms with E-state index >= 15 is 0 Å². The molecular formula is C22H34N2O3. The molecule has 0 N–H and O–H groups in total. The van der Waals surface area contributed by atoms with Gasteiger partial charge in [-0.25, -0.2) is 5.06 Å². The molecule has 0 bridgehead atoms. The van der Waals surface area contributed by atoms with E-state index in [1.165, 1.54) is 44.3 Å². The summed E-state index contributed by atoms with van der Waals surface area (Å²) in [5.74, 6) is 0.975. The Labute approximate surface area is 163 Å². The zero-order chi connectivity index (χ0) is 19.8. The molecule has 1 atom stereocenters. The van der Waals surface area contributed by atoms with Gasteiger partial charge >= 0.3 is 0 Å². The normalized spacial score (nSPS) is 16.3. The first-order chi connectivity index (χ1) is 12.9. The molecule has 0 saturated heterocycles. The van der Waals surface area contributed by atoms with E-state index in [1.54, 1.807) is 31.3 Å². The van der Waals surface area contributed by atoms with Crippen molar-refractivity contribution in [3.05, 3.63) is 35.4 Å². The van der Waals surface area contributed by atoms with Gasteiger partial charge in [0, 0.05) is 31.1 Å². The fourth-order valence-electron chi connectivity index (χ4n) is 4.10. The van der Waals surface area contributed by atoms with Crippen molar-refractivity contribution in [2.24, 2.45) is 11.8 Å². The van der Waals surface area contributed by atoms with E-state index in [9.17, 15) is 9.59 Å². The molecule has 5 nitrogen and oxygen atoms in total. The summed E-state index contributed by atoms with van der Waals surface area (Å²) in [5.41, 5.74) is 1.08. The van der Waals surface area contributed by atoms with Crippen molar-refractivity contribution in [3.8, 4) is 0 Å². The predicted octanol–water partition coefficient (Wildman–Crippen LogP) is 4.04. The lowest BCUT2D eigenvalue weighted by atomic mass is 9.81. The molecule has 150 valence electrons. The zero-order valence-corrected chi connectivity index (χ0v) is 17.2. The maximum atomic E-state index is 12.9. The van der Waals surface area contributed by atoms with Gasteiger partial charge in [0.15, 0.2) is 5.78 Å². The van der Waals surface area contributed by atoms with Gasteiger partial charge in [-0.2, -0.15) is 0 Å². The summed E-state index contributed by atoms with van der Waals surface area (Å²) in [6, 6.07) is 6.98. The van der Waals surface area contributed by atoms with Crippen molar-refractivity contribution >= 4 is 11.7 Å². The summed E-state index contributed by atoms with van der Waals surface area (Å²) >= 11 is 0. The van der Waals surface area contributed by atoms with Gasteiger partial charge in [-0.1, -0.05) is 44.2 Å². The highest BCUT2D eigenvalue weighted by atomic mass is 16.7. The van der Waals surface area contributed by atoms with Crippen LogP contribution in [0.3, 0.4) is 0 Å². The molecule has 5 heteroatoms. The summed E-state index contributed by atoms with van der Waals surface area (Å²) in [6.45, 7) is 0.924. The fraction of sp³-hybridized carbons (Fsp3) is 0.636. The van der Waals surface area contributed by atoms with Crippen molar-refractivity contribution < 1.29 is 14.4 Å². The Morgan fingerprint density at radius 2 is 1.78 bits per heavy atom. The minimum Gasteiger partial charge on any atom is -0.309 e. The molecular weight excluding hydrogens is 340 g/mol. The number of hydrogen-bond donors (Lipinski definition) is 0. The van der Waals surface area contributed by atoms with Crippen LogP contribution in [0.4, 0.5) is 0 Å². The average molecular weight is 375 g/mol. The number of amides is 1. The molecule has 1 saturated carbocycles. The van der Waals surface area contributed by atoms with Crippen molar-refractivity contribution in [1.82, 2.24) is 9.96 Å². The largest absolute Gasteiger partial charge is 0.309 e. The van der Waals surface area contributed by atoms with Crippen LogP contribution < -0.4 is 0 Å². The number of carbonyl (C=O) groups excluding carboxylic acids is 2. The second-order valence-corrected chi connectivity index (χ2v) is 8.06. The molecule has 1 aliphatic rings. The van der Waals surface area contributed by atoms with E-state index in [0.717, 1.165) is 18.9 Å². The quantitative estimate of drug-likeness (QED) is 0.483. The molecule has 27 heavy (non-hydrogen) atoms. The first-order valence-corrected chi connectivity index (χ1v) is 10.0. The van der Waals surface area contributed by atoms with Gasteiger partial charge in [-0.05, 0) is 44.5 Å². The topological polar surface area (TPSA) is 49.9 Å². The van der Waals surface area contributed by atoms with Crippen LogP contribution in [0.2, 0.25) is 0 Å². The molecule has 2 rings (SSSR count). The molecule has 1 fully saturated rings. The Balaban J connectivity index is 2.06. The van der Waals surface area contributed by atoms with Crippen LogP contribution >= 0.6 is 0 Å². The Morgan fingerprint density at radius 3 is 2.41 bits per heavy atom. The number of ketones is 1. The molecule has 1 amide bonds. The van der Waals surface area contributed by atoms with Gasteiger partial charge < -0.3 is 4.90 Å². The third kappa shape index (κ3) is 6.74. The highest BCUT2D eigenvalue weighted by molar-refractivity contribution is 6.00. The maximum absolute atomic E-state index is 12.9. The summed E-state index contributed by atoms with van der Waals surface area (Å²) < 4.78 is 0. The fourth-order valence-corrected chi connectivity index (χ4v) is 4.10. The molecule has 0 spiro atoms. The van der Waals surface area contributed by atoms with Crippen molar-refractivity contribution in [3.63, 3.8) is 0 Å². The molecule has 0 aromatic heterocycles. The molecule has 0 radical (unpaired) electrons. The highest BCUT2D eigenvalue weighted by Gasteiger charge is 2.23. The van der Waals surface area contributed by atoms with Gasteiger partial charge in [-0.3, -0.25) is 14.4 Å². The van der Waals surface area contributed by atoms with E-state index in [-0.39, 0.29) is 11.7 Å².